The number of rotatable bonds is 3. The number of benzene rings is 1. The lowest BCUT2D eigenvalue weighted by Gasteiger charge is -2.14. The molecule has 1 aliphatic rings. The first-order chi connectivity index (χ1) is 9.44. The van der Waals surface area contributed by atoms with Gasteiger partial charge in [0.2, 0.25) is 0 Å². The van der Waals surface area contributed by atoms with E-state index in [1.165, 1.54) is 12.1 Å². The van der Waals surface area contributed by atoms with Crippen LogP contribution in [0.2, 0.25) is 0 Å². The molecule has 2 aromatic rings. The van der Waals surface area contributed by atoms with Gasteiger partial charge in [-0.05, 0) is 46.4 Å². The summed E-state index contributed by atoms with van der Waals surface area (Å²) in [4.78, 5) is 1.13. The summed E-state index contributed by atoms with van der Waals surface area (Å²) < 4.78 is 35.7. The van der Waals surface area contributed by atoms with Gasteiger partial charge in [0.15, 0.2) is 11.5 Å². The molecule has 3 rings (SSSR count). The van der Waals surface area contributed by atoms with E-state index >= 15 is 0 Å². The SMILES string of the molecule is CC(Nc1ccc2c(c1)OC(F)(F)O2)c1sccc1Br. The first kappa shape index (κ1) is 13.6. The average molecular weight is 362 g/mol. The Morgan fingerprint density at radius 3 is 2.70 bits per heavy atom. The molecule has 106 valence electrons. The van der Waals surface area contributed by atoms with E-state index in [9.17, 15) is 8.78 Å². The van der Waals surface area contributed by atoms with Crippen molar-refractivity contribution < 1.29 is 18.3 Å². The van der Waals surface area contributed by atoms with Gasteiger partial charge in [0.25, 0.3) is 0 Å². The van der Waals surface area contributed by atoms with Crippen molar-refractivity contribution >= 4 is 33.0 Å². The molecule has 0 spiro atoms. The maximum atomic E-state index is 12.9. The zero-order valence-electron chi connectivity index (χ0n) is 10.3. The summed E-state index contributed by atoms with van der Waals surface area (Å²) in [7, 11) is 0. The maximum absolute atomic E-state index is 12.9. The molecule has 0 saturated heterocycles. The number of nitrogens with one attached hydrogen (secondary N) is 1. The molecule has 0 radical (unpaired) electrons. The number of halogens is 3. The molecule has 1 atom stereocenters. The van der Waals surface area contributed by atoms with E-state index < -0.39 is 6.29 Å². The zero-order valence-corrected chi connectivity index (χ0v) is 12.7. The Kier molecular flexibility index (Phi) is 3.33. The third-order valence-electron chi connectivity index (χ3n) is 2.82. The lowest BCUT2D eigenvalue weighted by molar-refractivity contribution is -0.286. The summed E-state index contributed by atoms with van der Waals surface area (Å²) in [6.07, 6.45) is -3.58. The van der Waals surface area contributed by atoms with Gasteiger partial charge in [0.1, 0.15) is 0 Å². The van der Waals surface area contributed by atoms with Crippen molar-refractivity contribution in [2.75, 3.05) is 5.32 Å². The first-order valence-electron chi connectivity index (χ1n) is 5.84. The number of ether oxygens (including phenoxy) is 2. The highest BCUT2D eigenvalue weighted by Crippen LogP contribution is 2.42. The largest absolute Gasteiger partial charge is 0.586 e. The molecule has 1 aromatic heterocycles. The number of fused-ring (bicyclic) bond motifs is 1. The highest BCUT2D eigenvalue weighted by Gasteiger charge is 2.43. The molecule has 2 heterocycles. The number of thiophene rings is 1. The molecule has 0 amide bonds. The fourth-order valence-electron chi connectivity index (χ4n) is 1.97. The van der Waals surface area contributed by atoms with Crippen LogP contribution < -0.4 is 14.8 Å². The van der Waals surface area contributed by atoms with Gasteiger partial charge in [-0.1, -0.05) is 0 Å². The van der Waals surface area contributed by atoms with Gasteiger partial charge in [-0.2, -0.15) is 0 Å². The van der Waals surface area contributed by atoms with Crippen molar-refractivity contribution in [1.82, 2.24) is 0 Å². The Balaban J connectivity index is 1.79. The second-order valence-corrected chi connectivity index (χ2v) is 6.13. The summed E-state index contributed by atoms with van der Waals surface area (Å²) >= 11 is 5.09. The minimum atomic E-state index is -3.58. The van der Waals surface area contributed by atoms with Crippen molar-refractivity contribution in [3.63, 3.8) is 0 Å². The second-order valence-electron chi connectivity index (χ2n) is 4.33. The van der Waals surface area contributed by atoms with Crippen molar-refractivity contribution in [3.8, 4) is 11.5 Å². The van der Waals surface area contributed by atoms with Crippen LogP contribution in [0.3, 0.4) is 0 Å². The van der Waals surface area contributed by atoms with Gasteiger partial charge in [0.05, 0.1) is 6.04 Å². The predicted molar refractivity (Wildman–Crippen MR) is 76.7 cm³/mol. The van der Waals surface area contributed by atoms with Crippen molar-refractivity contribution in [2.24, 2.45) is 0 Å². The highest BCUT2D eigenvalue weighted by atomic mass is 79.9. The fraction of sp³-hybridized carbons (Fsp3) is 0.231. The van der Waals surface area contributed by atoms with Crippen molar-refractivity contribution in [1.29, 1.82) is 0 Å². The summed E-state index contributed by atoms with van der Waals surface area (Å²) in [5.41, 5.74) is 0.692. The Bertz CT molecular complexity index is 647. The predicted octanol–water partition coefficient (Wildman–Crippen LogP) is 5.01. The lowest BCUT2D eigenvalue weighted by atomic mass is 10.2. The smallest absolute Gasteiger partial charge is 0.395 e. The second kappa shape index (κ2) is 4.89. The fourth-order valence-corrected chi connectivity index (χ4v) is 3.69. The van der Waals surface area contributed by atoms with Gasteiger partial charge < -0.3 is 14.8 Å². The van der Waals surface area contributed by atoms with Gasteiger partial charge in [0, 0.05) is 21.1 Å². The molecule has 1 unspecified atom stereocenters. The molecule has 1 N–H and O–H groups in total. The van der Waals surface area contributed by atoms with Crippen LogP contribution >= 0.6 is 27.3 Å². The standard InChI is InChI=1S/C13H10BrF2NO2S/c1-7(12-9(14)4-5-20-12)17-8-2-3-10-11(6-8)19-13(15,16)18-10/h2-7,17H,1H3. The van der Waals surface area contributed by atoms with E-state index in [1.54, 1.807) is 17.4 Å². The zero-order chi connectivity index (χ0) is 14.3. The number of hydrogen-bond donors (Lipinski definition) is 1. The van der Waals surface area contributed by atoms with Crippen LogP contribution in [-0.4, -0.2) is 6.29 Å². The summed E-state index contributed by atoms with van der Waals surface area (Å²) in [5.74, 6) is 0.0861. The minimum Gasteiger partial charge on any atom is -0.395 e. The monoisotopic (exact) mass is 361 g/mol. The lowest BCUT2D eigenvalue weighted by Crippen LogP contribution is -2.25. The van der Waals surface area contributed by atoms with Crippen molar-refractivity contribution in [2.45, 2.75) is 19.3 Å². The molecule has 1 aromatic carbocycles. The Morgan fingerprint density at radius 2 is 2.00 bits per heavy atom. The van der Waals surface area contributed by atoms with Crippen LogP contribution in [-0.2, 0) is 0 Å². The summed E-state index contributed by atoms with van der Waals surface area (Å²) in [5, 5.41) is 5.23. The molecule has 20 heavy (non-hydrogen) atoms. The Hall–Kier alpha value is -1.34. The Labute approximate surface area is 126 Å². The first-order valence-corrected chi connectivity index (χ1v) is 7.51. The van der Waals surface area contributed by atoms with Crippen molar-refractivity contribution in [3.05, 3.63) is 39.0 Å². The molecule has 1 aliphatic heterocycles. The molecule has 7 heteroatoms. The summed E-state index contributed by atoms with van der Waals surface area (Å²) in [6.45, 7) is 2.00. The van der Waals surface area contributed by atoms with Gasteiger partial charge in [-0.15, -0.1) is 20.1 Å². The third-order valence-corrected chi connectivity index (χ3v) is 4.88. The van der Waals surface area contributed by atoms with Crippen LogP contribution in [0.25, 0.3) is 0 Å². The quantitative estimate of drug-likeness (QED) is 0.833. The molecule has 3 nitrogen and oxygen atoms in total. The number of hydrogen-bond acceptors (Lipinski definition) is 4. The maximum Gasteiger partial charge on any atom is 0.586 e. The van der Waals surface area contributed by atoms with E-state index in [-0.39, 0.29) is 17.5 Å². The average Bonchev–Trinajstić information content (AvgIpc) is 2.90. The van der Waals surface area contributed by atoms with E-state index in [1.807, 2.05) is 18.4 Å². The normalized spacial score (nSPS) is 17.0. The van der Waals surface area contributed by atoms with Crippen LogP contribution in [0.1, 0.15) is 17.8 Å². The minimum absolute atomic E-state index is 0.0393. The van der Waals surface area contributed by atoms with E-state index in [0.29, 0.717) is 5.69 Å². The van der Waals surface area contributed by atoms with E-state index in [0.717, 1.165) is 9.35 Å². The van der Waals surface area contributed by atoms with Crippen LogP contribution in [0.5, 0.6) is 11.5 Å². The van der Waals surface area contributed by atoms with Gasteiger partial charge in [-0.25, -0.2) is 0 Å². The van der Waals surface area contributed by atoms with Gasteiger partial charge >= 0.3 is 6.29 Å². The molecular weight excluding hydrogens is 352 g/mol. The topological polar surface area (TPSA) is 30.5 Å². The molecule has 0 bridgehead atoms. The van der Waals surface area contributed by atoms with E-state index in [2.05, 4.69) is 30.7 Å². The third kappa shape index (κ3) is 2.60. The Morgan fingerprint density at radius 1 is 1.25 bits per heavy atom. The number of anilines is 1. The van der Waals surface area contributed by atoms with Crippen LogP contribution in [0, 0.1) is 0 Å². The molecule has 0 saturated carbocycles. The van der Waals surface area contributed by atoms with E-state index in [4.69, 9.17) is 0 Å². The molecular formula is C13H10BrF2NO2S. The van der Waals surface area contributed by atoms with Crippen LogP contribution in [0.15, 0.2) is 34.1 Å². The summed E-state index contributed by atoms with van der Waals surface area (Å²) in [6, 6.07) is 6.67. The highest BCUT2D eigenvalue weighted by molar-refractivity contribution is 9.10. The number of alkyl halides is 2. The van der Waals surface area contributed by atoms with Gasteiger partial charge in [-0.3, -0.25) is 0 Å². The van der Waals surface area contributed by atoms with Crippen LogP contribution in [0.4, 0.5) is 14.5 Å². The molecule has 0 fully saturated rings. The molecule has 0 aliphatic carbocycles.